The molecule has 0 bridgehead atoms. The molecule has 0 spiro atoms. The molecule has 0 saturated heterocycles. The highest BCUT2D eigenvalue weighted by molar-refractivity contribution is 7.80. The van der Waals surface area contributed by atoms with Crippen molar-refractivity contribution in [3.63, 3.8) is 0 Å². The second-order valence-electron chi connectivity index (χ2n) is 4.38. The molecule has 0 atom stereocenters. The van der Waals surface area contributed by atoms with Gasteiger partial charge in [0.1, 0.15) is 4.99 Å². The number of benzene rings is 1. The van der Waals surface area contributed by atoms with Crippen LogP contribution in [0.25, 0.3) is 0 Å². The molecule has 3 N–H and O–H groups in total. The van der Waals surface area contributed by atoms with E-state index in [0.717, 1.165) is 0 Å². The molecule has 0 saturated carbocycles. The van der Waals surface area contributed by atoms with Crippen molar-refractivity contribution in [3.05, 3.63) is 52.8 Å². The summed E-state index contributed by atoms with van der Waals surface area (Å²) in [4.78, 5) is 12.5. The van der Waals surface area contributed by atoms with Gasteiger partial charge in [-0.15, -0.1) is 0 Å². The van der Waals surface area contributed by atoms with Gasteiger partial charge in [0.05, 0.1) is 17.0 Å². The lowest BCUT2D eigenvalue weighted by Gasteiger charge is -2.08. The number of hydrogen-bond acceptors (Lipinski definition) is 4. The van der Waals surface area contributed by atoms with Crippen molar-refractivity contribution in [2.75, 3.05) is 5.32 Å². The van der Waals surface area contributed by atoms with E-state index >= 15 is 0 Å². The maximum atomic E-state index is 12.2. The van der Waals surface area contributed by atoms with E-state index in [0.29, 0.717) is 33.2 Å². The first-order chi connectivity index (χ1) is 9.47. The van der Waals surface area contributed by atoms with Crippen LogP contribution in [-0.4, -0.2) is 21.1 Å². The quantitative estimate of drug-likeness (QED) is 0.843. The SMILES string of the molecule is Cc1cc(C(=O)Nc2cccc(C(N)=S)c2)c(C)nn1. The number of aromatic nitrogens is 2. The number of nitrogens with two attached hydrogens (primary N) is 1. The maximum absolute atomic E-state index is 12.2. The Balaban J connectivity index is 2.25. The molecule has 1 aromatic carbocycles. The van der Waals surface area contributed by atoms with E-state index in [1.807, 2.05) is 0 Å². The van der Waals surface area contributed by atoms with E-state index < -0.39 is 0 Å². The van der Waals surface area contributed by atoms with E-state index in [1.165, 1.54) is 0 Å². The average molecular weight is 286 g/mol. The van der Waals surface area contributed by atoms with Gasteiger partial charge in [-0.25, -0.2) is 0 Å². The zero-order chi connectivity index (χ0) is 14.7. The van der Waals surface area contributed by atoms with Gasteiger partial charge in [-0.2, -0.15) is 10.2 Å². The first-order valence-corrected chi connectivity index (χ1v) is 6.40. The highest BCUT2D eigenvalue weighted by atomic mass is 32.1. The number of nitrogens with zero attached hydrogens (tertiary/aromatic N) is 2. The van der Waals surface area contributed by atoms with Gasteiger partial charge in [0, 0.05) is 11.3 Å². The van der Waals surface area contributed by atoms with Crippen LogP contribution in [0.3, 0.4) is 0 Å². The normalized spacial score (nSPS) is 10.1. The molecule has 6 heteroatoms. The van der Waals surface area contributed by atoms with Gasteiger partial charge < -0.3 is 11.1 Å². The lowest BCUT2D eigenvalue weighted by atomic mass is 10.1. The average Bonchev–Trinajstić information content (AvgIpc) is 2.41. The molecule has 0 fully saturated rings. The van der Waals surface area contributed by atoms with Crippen molar-refractivity contribution in [3.8, 4) is 0 Å². The minimum absolute atomic E-state index is 0.236. The number of aryl methyl sites for hydroxylation is 2. The van der Waals surface area contributed by atoms with Crippen molar-refractivity contribution in [1.29, 1.82) is 0 Å². The number of nitrogens with one attached hydrogen (secondary N) is 1. The third kappa shape index (κ3) is 3.16. The summed E-state index contributed by atoms with van der Waals surface area (Å²) in [6.07, 6.45) is 0. The third-order valence-corrected chi connectivity index (χ3v) is 2.99. The van der Waals surface area contributed by atoms with Gasteiger partial charge in [-0.1, -0.05) is 24.4 Å². The fourth-order valence-corrected chi connectivity index (χ4v) is 1.86. The Labute approximate surface area is 122 Å². The molecular weight excluding hydrogens is 272 g/mol. The van der Waals surface area contributed by atoms with Crippen LogP contribution in [0.2, 0.25) is 0 Å². The largest absolute Gasteiger partial charge is 0.389 e. The van der Waals surface area contributed by atoms with Gasteiger partial charge >= 0.3 is 0 Å². The third-order valence-electron chi connectivity index (χ3n) is 2.75. The molecule has 102 valence electrons. The predicted molar refractivity (Wildman–Crippen MR) is 81.8 cm³/mol. The standard InChI is InChI=1S/C14H14N4OS/c1-8-6-12(9(2)18-17-8)14(19)16-11-5-3-4-10(7-11)13(15)20/h3-7H,1-2H3,(H2,15,20)(H,16,19). The van der Waals surface area contributed by atoms with Crippen LogP contribution in [0.15, 0.2) is 30.3 Å². The van der Waals surface area contributed by atoms with Crippen LogP contribution in [0.1, 0.15) is 27.3 Å². The van der Waals surface area contributed by atoms with Crippen molar-refractivity contribution in [2.24, 2.45) is 5.73 Å². The molecule has 2 aromatic rings. The molecule has 0 aliphatic heterocycles. The first kappa shape index (κ1) is 14.1. The monoisotopic (exact) mass is 286 g/mol. The summed E-state index contributed by atoms with van der Waals surface area (Å²) < 4.78 is 0. The van der Waals surface area contributed by atoms with Crippen molar-refractivity contribution < 1.29 is 4.79 Å². The molecule has 0 radical (unpaired) electrons. The second kappa shape index (κ2) is 5.75. The number of amides is 1. The Hall–Kier alpha value is -2.34. The zero-order valence-electron chi connectivity index (χ0n) is 11.2. The van der Waals surface area contributed by atoms with Crippen molar-refractivity contribution in [1.82, 2.24) is 10.2 Å². The maximum Gasteiger partial charge on any atom is 0.257 e. The number of carbonyl (C=O) groups is 1. The summed E-state index contributed by atoms with van der Waals surface area (Å²) in [5.74, 6) is -0.236. The molecule has 0 aliphatic carbocycles. The van der Waals surface area contributed by atoms with E-state index in [-0.39, 0.29) is 5.91 Å². The van der Waals surface area contributed by atoms with Gasteiger partial charge in [0.15, 0.2) is 0 Å². The summed E-state index contributed by atoms with van der Waals surface area (Å²) in [6, 6.07) is 8.79. The van der Waals surface area contributed by atoms with E-state index in [9.17, 15) is 4.79 Å². The highest BCUT2D eigenvalue weighted by Gasteiger charge is 2.11. The zero-order valence-corrected chi connectivity index (χ0v) is 12.0. The van der Waals surface area contributed by atoms with Crippen LogP contribution in [0, 0.1) is 13.8 Å². The summed E-state index contributed by atoms with van der Waals surface area (Å²) in [5.41, 5.74) is 8.68. The highest BCUT2D eigenvalue weighted by Crippen LogP contribution is 2.13. The summed E-state index contributed by atoms with van der Waals surface area (Å²) >= 11 is 4.91. The van der Waals surface area contributed by atoms with E-state index in [2.05, 4.69) is 15.5 Å². The van der Waals surface area contributed by atoms with Crippen LogP contribution in [-0.2, 0) is 0 Å². The summed E-state index contributed by atoms with van der Waals surface area (Å²) in [7, 11) is 0. The number of hydrogen-bond donors (Lipinski definition) is 2. The lowest BCUT2D eigenvalue weighted by molar-refractivity contribution is 0.102. The van der Waals surface area contributed by atoms with Crippen molar-refractivity contribution in [2.45, 2.75) is 13.8 Å². The molecule has 20 heavy (non-hydrogen) atoms. The Morgan fingerprint density at radius 2 is 2.00 bits per heavy atom. The minimum atomic E-state index is -0.236. The fraction of sp³-hybridized carbons (Fsp3) is 0.143. The number of anilines is 1. The van der Waals surface area contributed by atoms with Crippen LogP contribution < -0.4 is 11.1 Å². The van der Waals surface area contributed by atoms with Gasteiger partial charge in [-0.3, -0.25) is 4.79 Å². The Bertz CT molecular complexity index is 685. The van der Waals surface area contributed by atoms with Crippen LogP contribution in [0.4, 0.5) is 5.69 Å². The van der Waals surface area contributed by atoms with Crippen molar-refractivity contribution >= 4 is 28.8 Å². The molecule has 2 rings (SSSR count). The Kier molecular flexibility index (Phi) is 4.05. The number of carbonyl (C=O) groups excluding carboxylic acids is 1. The fourth-order valence-electron chi connectivity index (χ4n) is 1.73. The van der Waals surface area contributed by atoms with Crippen LogP contribution >= 0.6 is 12.2 Å². The molecule has 1 amide bonds. The molecule has 0 unspecified atom stereocenters. The Morgan fingerprint density at radius 1 is 1.25 bits per heavy atom. The minimum Gasteiger partial charge on any atom is -0.389 e. The topological polar surface area (TPSA) is 80.9 Å². The molecule has 1 aromatic heterocycles. The smallest absolute Gasteiger partial charge is 0.257 e. The van der Waals surface area contributed by atoms with Gasteiger partial charge in [0.25, 0.3) is 5.91 Å². The summed E-state index contributed by atoms with van der Waals surface area (Å²) in [5, 5.41) is 10.6. The lowest BCUT2D eigenvalue weighted by Crippen LogP contribution is -2.16. The predicted octanol–water partition coefficient (Wildman–Crippen LogP) is 1.98. The Morgan fingerprint density at radius 3 is 2.70 bits per heavy atom. The first-order valence-electron chi connectivity index (χ1n) is 5.99. The van der Waals surface area contributed by atoms with E-state index in [1.54, 1.807) is 44.2 Å². The molecular formula is C14H14N4OS. The van der Waals surface area contributed by atoms with Gasteiger partial charge in [-0.05, 0) is 32.0 Å². The second-order valence-corrected chi connectivity index (χ2v) is 4.82. The van der Waals surface area contributed by atoms with E-state index in [4.69, 9.17) is 18.0 Å². The van der Waals surface area contributed by atoms with Crippen LogP contribution in [0.5, 0.6) is 0 Å². The molecule has 0 aliphatic rings. The molecule has 5 nitrogen and oxygen atoms in total. The number of thiocarbonyl (C=S) groups is 1. The molecule has 1 heterocycles. The summed E-state index contributed by atoms with van der Waals surface area (Å²) in [6.45, 7) is 3.53. The number of rotatable bonds is 3. The van der Waals surface area contributed by atoms with Gasteiger partial charge in [0.2, 0.25) is 0 Å².